The zero-order chi connectivity index (χ0) is 18.3. The van der Waals surface area contributed by atoms with E-state index < -0.39 is 0 Å². The van der Waals surface area contributed by atoms with E-state index in [1.165, 1.54) is 43.4 Å². The number of nitrogens with zero attached hydrogens (tertiary/aromatic N) is 1. The molecule has 1 aliphatic heterocycles. The quantitative estimate of drug-likeness (QED) is 0.346. The molecule has 2 rings (SSSR count). The lowest BCUT2D eigenvalue weighted by atomic mass is 9.97. The van der Waals surface area contributed by atoms with E-state index >= 15 is 0 Å². The highest BCUT2D eigenvalue weighted by Gasteiger charge is 2.26. The number of hydrogen-bond acceptors (Lipinski definition) is 5. The first-order valence-corrected chi connectivity index (χ1v) is 10.6. The third kappa shape index (κ3) is 7.05. The first-order valence-electron chi connectivity index (χ1n) is 9.64. The average Bonchev–Trinajstić information content (AvgIpc) is 2.61. The van der Waals surface area contributed by atoms with E-state index in [9.17, 15) is 0 Å². The number of thioether (sulfide) groups is 1. The van der Waals surface area contributed by atoms with Gasteiger partial charge in [-0.15, -0.1) is 11.8 Å². The molecular formula is C20H35NO3S. The molecule has 1 unspecified atom stereocenters. The van der Waals surface area contributed by atoms with E-state index in [0.29, 0.717) is 12.7 Å². The summed E-state index contributed by atoms with van der Waals surface area (Å²) in [6.07, 6.45) is 8.25. The van der Waals surface area contributed by atoms with E-state index in [1.54, 1.807) is 18.9 Å². The number of rotatable bonds is 7. The van der Waals surface area contributed by atoms with E-state index in [-0.39, 0.29) is 11.9 Å². The standard InChI is InChI=1S/C20H35NO3S/c1-6-18(21-17-12-20(3,4)23-13-15(17)2)25-14-19(22-5)24-16-10-8-7-9-11-16/h16,19H,6-14H2,1-5H3/b21-18+. The molecule has 0 saturated heterocycles. The largest absolute Gasteiger partial charge is 0.371 e. The second kappa shape index (κ2) is 10.1. The smallest absolute Gasteiger partial charge is 0.166 e. The molecule has 0 amide bonds. The Kier molecular flexibility index (Phi) is 8.46. The molecule has 5 heteroatoms. The van der Waals surface area contributed by atoms with Crippen LogP contribution >= 0.6 is 11.8 Å². The summed E-state index contributed by atoms with van der Waals surface area (Å²) in [6.45, 7) is 9.23. The lowest BCUT2D eigenvalue weighted by molar-refractivity contribution is -0.147. The number of methoxy groups -OCH3 is 1. The lowest BCUT2D eigenvalue weighted by Crippen LogP contribution is -2.30. The third-order valence-electron chi connectivity index (χ3n) is 4.87. The fraction of sp³-hybridized carbons (Fsp3) is 0.850. The van der Waals surface area contributed by atoms with E-state index in [0.717, 1.165) is 23.6 Å². The maximum absolute atomic E-state index is 6.15. The fourth-order valence-electron chi connectivity index (χ4n) is 3.23. The topological polar surface area (TPSA) is 40.0 Å². The zero-order valence-electron chi connectivity index (χ0n) is 16.6. The van der Waals surface area contributed by atoms with Gasteiger partial charge in [0.25, 0.3) is 0 Å². The van der Waals surface area contributed by atoms with Crippen LogP contribution in [0.1, 0.15) is 72.6 Å². The maximum Gasteiger partial charge on any atom is 0.166 e. The van der Waals surface area contributed by atoms with Crippen molar-refractivity contribution in [1.82, 2.24) is 0 Å². The molecule has 1 heterocycles. The molecule has 1 saturated carbocycles. The molecule has 0 spiro atoms. The highest BCUT2D eigenvalue weighted by Crippen LogP contribution is 2.30. The molecule has 1 fully saturated rings. The van der Waals surface area contributed by atoms with Crippen LogP contribution in [0.3, 0.4) is 0 Å². The van der Waals surface area contributed by atoms with Gasteiger partial charge in [0, 0.05) is 19.2 Å². The van der Waals surface area contributed by atoms with Crippen LogP contribution < -0.4 is 0 Å². The molecule has 1 aliphatic carbocycles. The number of hydrogen-bond donors (Lipinski definition) is 0. The van der Waals surface area contributed by atoms with Crippen molar-refractivity contribution in [3.63, 3.8) is 0 Å². The van der Waals surface area contributed by atoms with Gasteiger partial charge in [-0.2, -0.15) is 0 Å². The predicted octanol–water partition coefficient (Wildman–Crippen LogP) is 5.32. The summed E-state index contributed by atoms with van der Waals surface area (Å²) in [7, 11) is 1.74. The van der Waals surface area contributed by atoms with Gasteiger partial charge in [-0.25, -0.2) is 0 Å². The van der Waals surface area contributed by atoms with Crippen molar-refractivity contribution in [2.24, 2.45) is 4.99 Å². The minimum Gasteiger partial charge on any atom is -0.371 e. The molecule has 0 aromatic carbocycles. The highest BCUT2D eigenvalue weighted by atomic mass is 32.2. The number of aliphatic imine (C=N–C) groups is 1. The maximum atomic E-state index is 6.15. The highest BCUT2D eigenvalue weighted by molar-refractivity contribution is 8.13. The zero-order valence-corrected chi connectivity index (χ0v) is 17.4. The van der Waals surface area contributed by atoms with Crippen LogP contribution in [0, 0.1) is 0 Å². The molecule has 2 aliphatic rings. The molecule has 144 valence electrons. The monoisotopic (exact) mass is 369 g/mol. The Labute approximate surface area is 157 Å². The second-order valence-corrected chi connectivity index (χ2v) is 8.78. The Balaban J connectivity index is 1.91. The Hall–Kier alpha value is -0.360. The predicted molar refractivity (Wildman–Crippen MR) is 106 cm³/mol. The van der Waals surface area contributed by atoms with Gasteiger partial charge in [0.2, 0.25) is 0 Å². The van der Waals surface area contributed by atoms with Crippen LogP contribution in [0.25, 0.3) is 0 Å². The Bertz CT molecular complexity index is 481. The van der Waals surface area contributed by atoms with Crippen LogP contribution in [-0.2, 0) is 14.2 Å². The lowest BCUT2D eigenvalue weighted by Gasteiger charge is -2.31. The molecule has 25 heavy (non-hydrogen) atoms. The molecule has 0 N–H and O–H groups in total. The van der Waals surface area contributed by atoms with Gasteiger partial charge in [-0.1, -0.05) is 26.2 Å². The molecule has 0 aromatic rings. The summed E-state index contributed by atoms with van der Waals surface area (Å²) in [4.78, 5) is 4.95. The summed E-state index contributed by atoms with van der Waals surface area (Å²) >= 11 is 1.76. The van der Waals surface area contributed by atoms with Crippen LogP contribution in [0.2, 0.25) is 0 Å². The summed E-state index contributed by atoms with van der Waals surface area (Å²) in [5.41, 5.74) is 2.30. The van der Waals surface area contributed by atoms with Gasteiger partial charge >= 0.3 is 0 Å². The van der Waals surface area contributed by atoms with E-state index in [1.807, 2.05) is 0 Å². The van der Waals surface area contributed by atoms with Crippen molar-refractivity contribution >= 4 is 16.8 Å². The van der Waals surface area contributed by atoms with Gasteiger partial charge in [0.05, 0.1) is 29.1 Å². The first kappa shape index (κ1) is 20.9. The van der Waals surface area contributed by atoms with Crippen molar-refractivity contribution in [3.8, 4) is 0 Å². The van der Waals surface area contributed by atoms with Crippen molar-refractivity contribution in [1.29, 1.82) is 0 Å². The van der Waals surface area contributed by atoms with Crippen molar-refractivity contribution in [3.05, 3.63) is 11.3 Å². The molecule has 0 radical (unpaired) electrons. The van der Waals surface area contributed by atoms with Gasteiger partial charge in [0.1, 0.15) is 0 Å². The normalized spacial score (nSPS) is 23.8. The molecule has 4 nitrogen and oxygen atoms in total. The molecular weight excluding hydrogens is 334 g/mol. The summed E-state index contributed by atoms with van der Waals surface area (Å²) < 4.78 is 17.6. The Morgan fingerprint density at radius 2 is 2.04 bits per heavy atom. The van der Waals surface area contributed by atoms with Crippen molar-refractivity contribution in [2.45, 2.75) is 90.6 Å². The first-order chi connectivity index (χ1) is 11.9. The molecule has 1 atom stereocenters. The summed E-state index contributed by atoms with van der Waals surface area (Å²) in [6, 6.07) is 0. The van der Waals surface area contributed by atoms with Crippen LogP contribution in [-0.4, -0.2) is 42.5 Å². The van der Waals surface area contributed by atoms with Crippen LogP contribution in [0.15, 0.2) is 16.3 Å². The Morgan fingerprint density at radius 1 is 1.32 bits per heavy atom. The van der Waals surface area contributed by atoms with E-state index in [2.05, 4.69) is 27.7 Å². The fourth-order valence-corrected chi connectivity index (χ4v) is 4.16. The summed E-state index contributed by atoms with van der Waals surface area (Å²) in [5.74, 6) is 0.798. The SMILES string of the molecule is CC/C(=N\C1=C(C)COC(C)(C)C1)SCC(OC)OC1CCCCC1. The minimum absolute atomic E-state index is 0.124. The average molecular weight is 370 g/mol. The van der Waals surface area contributed by atoms with Crippen molar-refractivity contribution < 1.29 is 14.2 Å². The number of ether oxygens (including phenoxy) is 3. The molecule has 0 aromatic heterocycles. The van der Waals surface area contributed by atoms with Crippen LogP contribution in [0.5, 0.6) is 0 Å². The van der Waals surface area contributed by atoms with Crippen LogP contribution in [0.4, 0.5) is 0 Å². The van der Waals surface area contributed by atoms with Gasteiger partial charge < -0.3 is 14.2 Å². The van der Waals surface area contributed by atoms with E-state index in [4.69, 9.17) is 19.2 Å². The van der Waals surface area contributed by atoms with Gasteiger partial charge in [-0.3, -0.25) is 4.99 Å². The van der Waals surface area contributed by atoms with Gasteiger partial charge in [-0.05, 0) is 45.6 Å². The van der Waals surface area contributed by atoms with Crippen molar-refractivity contribution in [2.75, 3.05) is 19.5 Å². The Morgan fingerprint density at radius 3 is 2.68 bits per heavy atom. The molecule has 0 bridgehead atoms. The summed E-state index contributed by atoms with van der Waals surface area (Å²) in [5, 5.41) is 1.15. The third-order valence-corrected chi connectivity index (χ3v) is 6.02. The van der Waals surface area contributed by atoms with Gasteiger partial charge in [0.15, 0.2) is 6.29 Å². The minimum atomic E-state index is -0.147. The second-order valence-electron chi connectivity index (χ2n) is 7.68.